The predicted octanol–water partition coefficient (Wildman–Crippen LogP) is 3.06. The monoisotopic (exact) mass is 333 g/mol. The van der Waals surface area contributed by atoms with Crippen molar-refractivity contribution in [2.75, 3.05) is 17.3 Å². The van der Waals surface area contributed by atoms with Crippen molar-refractivity contribution in [3.63, 3.8) is 0 Å². The van der Waals surface area contributed by atoms with Crippen LogP contribution >= 0.6 is 12.2 Å². The van der Waals surface area contributed by atoms with E-state index < -0.39 is 0 Å². The first-order valence-corrected chi connectivity index (χ1v) is 8.34. The van der Waals surface area contributed by atoms with Gasteiger partial charge in [-0.25, -0.2) is 0 Å². The van der Waals surface area contributed by atoms with Crippen molar-refractivity contribution < 1.29 is 9.59 Å². The van der Waals surface area contributed by atoms with Gasteiger partial charge in [0.25, 0.3) is 0 Å². The molecule has 0 saturated heterocycles. The van der Waals surface area contributed by atoms with E-state index in [1.54, 1.807) is 11.9 Å². The summed E-state index contributed by atoms with van der Waals surface area (Å²) in [5.74, 6) is 0.0613. The van der Waals surface area contributed by atoms with E-state index in [0.29, 0.717) is 5.11 Å². The molecule has 1 aliphatic carbocycles. The number of hydrogen-bond donors (Lipinski definition) is 2. The molecule has 1 aromatic carbocycles. The third kappa shape index (κ3) is 5.03. The Morgan fingerprint density at radius 1 is 1.13 bits per heavy atom. The van der Waals surface area contributed by atoms with E-state index in [-0.39, 0.29) is 17.7 Å². The van der Waals surface area contributed by atoms with Gasteiger partial charge in [0.2, 0.25) is 11.8 Å². The molecule has 0 unspecified atom stereocenters. The Morgan fingerprint density at radius 3 is 2.30 bits per heavy atom. The quantitative estimate of drug-likeness (QED) is 0.835. The topological polar surface area (TPSA) is 61.4 Å². The Balaban J connectivity index is 1.87. The molecule has 0 heterocycles. The zero-order valence-corrected chi connectivity index (χ0v) is 14.4. The summed E-state index contributed by atoms with van der Waals surface area (Å²) in [6, 6.07) is 7.31. The van der Waals surface area contributed by atoms with Crippen LogP contribution in [0.3, 0.4) is 0 Å². The summed E-state index contributed by atoms with van der Waals surface area (Å²) in [7, 11) is 1.72. The van der Waals surface area contributed by atoms with E-state index in [0.717, 1.165) is 37.1 Å². The lowest BCUT2D eigenvalue weighted by molar-refractivity contribution is -0.124. The van der Waals surface area contributed by atoms with Gasteiger partial charge in [0.15, 0.2) is 5.11 Å². The first-order chi connectivity index (χ1) is 11.0. The molecular formula is C17H23N3O2S. The van der Waals surface area contributed by atoms with Crippen molar-refractivity contribution in [1.82, 2.24) is 5.32 Å². The Bertz CT molecular complexity index is 580. The highest BCUT2D eigenvalue weighted by Crippen LogP contribution is 2.23. The maximum atomic E-state index is 12.1. The zero-order valence-electron chi connectivity index (χ0n) is 13.6. The van der Waals surface area contributed by atoms with Crippen LogP contribution in [0.5, 0.6) is 0 Å². The van der Waals surface area contributed by atoms with Crippen LogP contribution in [-0.4, -0.2) is 24.0 Å². The highest BCUT2D eigenvalue weighted by atomic mass is 32.1. The summed E-state index contributed by atoms with van der Waals surface area (Å²) < 4.78 is 0. The van der Waals surface area contributed by atoms with Gasteiger partial charge in [-0.15, -0.1) is 0 Å². The van der Waals surface area contributed by atoms with Crippen molar-refractivity contribution in [3.05, 3.63) is 24.3 Å². The number of carbonyl (C=O) groups excluding carboxylic acids is 2. The molecule has 0 bridgehead atoms. The molecule has 1 aromatic rings. The first-order valence-electron chi connectivity index (χ1n) is 7.93. The van der Waals surface area contributed by atoms with Crippen LogP contribution in [0.2, 0.25) is 0 Å². The fraction of sp³-hybridized carbons (Fsp3) is 0.471. The lowest BCUT2D eigenvalue weighted by Gasteiger charge is -2.21. The minimum Gasteiger partial charge on any atom is -0.332 e. The number of anilines is 2. The van der Waals surface area contributed by atoms with Crippen LogP contribution in [0.15, 0.2) is 24.3 Å². The molecular weight excluding hydrogens is 310 g/mol. The maximum absolute atomic E-state index is 12.1. The summed E-state index contributed by atoms with van der Waals surface area (Å²) in [6.07, 6.45) is 5.33. The number of rotatable bonds is 3. The first kappa shape index (κ1) is 17.4. The van der Waals surface area contributed by atoms with Crippen molar-refractivity contribution in [2.45, 2.75) is 39.0 Å². The minimum atomic E-state index is -0.0269. The van der Waals surface area contributed by atoms with E-state index >= 15 is 0 Å². The lowest BCUT2D eigenvalue weighted by Crippen LogP contribution is -2.39. The third-order valence-electron chi connectivity index (χ3n) is 4.20. The van der Waals surface area contributed by atoms with Crippen LogP contribution in [0.25, 0.3) is 0 Å². The van der Waals surface area contributed by atoms with Crippen molar-refractivity contribution in [3.8, 4) is 0 Å². The lowest BCUT2D eigenvalue weighted by atomic mass is 9.89. The standard InChI is InChI=1S/C17H23N3O2S/c1-12(21)20(2)15-10-8-14(9-11-15)18-17(23)19-16(22)13-6-4-3-5-7-13/h8-11,13H,3-7H2,1-2H3,(H2,18,19,22,23). The summed E-state index contributed by atoms with van der Waals surface area (Å²) in [6.45, 7) is 1.52. The van der Waals surface area contributed by atoms with E-state index in [1.165, 1.54) is 13.3 Å². The van der Waals surface area contributed by atoms with Gasteiger partial charge < -0.3 is 15.5 Å². The van der Waals surface area contributed by atoms with E-state index in [1.807, 2.05) is 24.3 Å². The number of nitrogens with zero attached hydrogens (tertiary/aromatic N) is 1. The van der Waals surface area contributed by atoms with Crippen molar-refractivity contribution >= 4 is 40.5 Å². The smallest absolute Gasteiger partial charge is 0.229 e. The van der Waals surface area contributed by atoms with Crippen LogP contribution < -0.4 is 15.5 Å². The van der Waals surface area contributed by atoms with Crippen molar-refractivity contribution in [2.24, 2.45) is 5.92 Å². The molecule has 0 spiro atoms. The van der Waals surface area contributed by atoms with Gasteiger partial charge in [0.05, 0.1) is 0 Å². The fourth-order valence-electron chi connectivity index (χ4n) is 2.69. The highest BCUT2D eigenvalue weighted by molar-refractivity contribution is 7.80. The zero-order chi connectivity index (χ0) is 16.8. The number of thiocarbonyl (C=S) groups is 1. The van der Waals surface area contributed by atoms with Gasteiger partial charge in [0.1, 0.15) is 0 Å². The Morgan fingerprint density at radius 2 is 1.74 bits per heavy atom. The molecule has 1 aliphatic rings. The summed E-state index contributed by atoms with van der Waals surface area (Å²) >= 11 is 5.20. The predicted molar refractivity (Wildman–Crippen MR) is 96.5 cm³/mol. The van der Waals surface area contributed by atoms with Gasteiger partial charge in [-0.3, -0.25) is 9.59 Å². The number of carbonyl (C=O) groups is 2. The van der Waals surface area contributed by atoms with E-state index in [9.17, 15) is 9.59 Å². The van der Waals surface area contributed by atoms with Gasteiger partial charge in [0, 0.05) is 31.3 Å². The molecule has 5 nitrogen and oxygen atoms in total. The van der Waals surface area contributed by atoms with Gasteiger partial charge in [-0.05, 0) is 49.3 Å². The molecule has 2 N–H and O–H groups in total. The van der Waals surface area contributed by atoms with Crippen LogP contribution in [-0.2, 0) is 9.59 Å². The van der Waals surface area contributed by atoms with Gasteiger partial charge in [-0.2, -0.15) is 0 Å². The van der Waals surface area contributed by atoms with E-state index in [4.69, 9.17) is 12.2 Å². The molecule has 23 heavy (non-hydrogen) atoms. The van der Waals surface area contributed by atoms with Crippen LogP contribution in [0.4, 0.5) is 11.4 Å². The largest absolute Gasteiger partial charge is 0.332 e. The Labute approximate surface area is 142 Å². The molecule has 1 saturated carbocycles. The van der Waals surface area contributed by atoms with E-state index in [2.05, 4.69) is 10.6 Å². The second-order valence-corrected chi connectivity index (χ2v) is 6.31. The average Bonchev–Trinajstić information content (AvgIpc) is 2.55. The second-order valence-electron chi connectivity index (χ2n) is 5.90. The second kappa shape index (κ2) is 8.06. The summed E-state index contributed by atoms with van der Waals surface area (Å²) in [4.78, 5) is 25.0. The molecule has 2 rings (SSSR count). The molecule has 1 fully saturated rings. The highest BCUT2D eigenvalue weighted by Gasteiger charge is 2.21. The molecule has 0 aromatic heterocycles. The van der Waals surface area contributed by atoms with Gasteiger partial charge in [-0.1, -0.05) is 19.3 Å². The van der Waals surface area contributed by atoms with Crippen LogP contribution in [0, 0.1) is 5.92 Å². The van der Waals surface area contributed by atoms with Gasteiger partial charge >= 0.3 is 0 Å². The molecule has 0 aliphatic heterocycles. The third-order valence-corrected chi connectivity index (χ3v) is 4.40. The molecule has 124 valence electrons. The molecule has 0 atom stereocenters. The number of amides is 2. The number of hydrogen-bond acceptors (Lipinski definition) is 3. The Hall–Kier alpha value is -1.95. The van der Waals surface area contributed by atoms with Crippen LogP contribution in [0.1, 0.15) is 39.0 Å². The average molecular weight is 333 g/mol. The normalized spacial score (nSPS) is 14.9. The fourth-order valence-corrected chi connectivity index (χ4v) is 2.91. The number of benzene rings is 1. The summed E-state index contributed by atoms with van der Waals surface area (Å²) in [5, 5.41) is 6.09. The summed E-state index contributed by atoms with van der Waals surface area (Å²) in [5.41, 5.74) is 1.58. The minimum absolute atomic E-state index is 0.00938. The molecule has 2 amide bonds. The number of nitrogens with one attached hydrogen (secondary N) is 2. The maximum Gasteiger partial charge on any atom is 0.229 e. The molecule has 6 heteroatoms. The SMILES string of the molecule is CC(=O)N(C)c1ccc(NC(=S)NC(=O)C2CCCCC2)cc1. The Kier molecular flexibility index (Phi) is 6.10. The van der Waals surface area contributed by atoms with Crippen molar-refractivity contribution in [1.29, 1.82) is 0 Å². The molecule has 0 radical (unpaired) electrons.